The Hall–Kier alpha value is -2.00. The van der Waals surface area contributed by atoms with Crippen LogP contribution < -0.4 is 10.1 Å². The number of amides is 1. The first-order valence-corrected chi connectivity index (χ1v) is 9.00. The maximum absolute atomic E-state index is 12.5. The third-order valence-electron chi connectivity index (χ3n) is 4.30. The van der Waals surface area contributed by atoms with E-state index < -0.39 is 6.10 Å². The van der Waals surface area contributed by atoms with Gasteiger partial charge in [-0.05, 0) is 62.9 Å². The summed E-state index contributed by atoms with van der Waals surface area (Å²) in [6.45, 7) is 9.73. The lowest BCUT2D eigenvalue weighted by Gasteiger charge is -2.21. The number of aryl methyl sites for hydroxylation is 3. The number of nitrogens with one attached hydrogen (secondary N) is 1. The van der Waals surface area contributed by atoms with Crippen molar-refractivity contribution in [3.63, 3.8) is 0 Å². The van der Waals surface area contributed by atoms with Gasteiger partial charge in [-0.1, -0.05) is 48.4 Å². The molecule has 4 heteroatoms. The highest BCUT2D eigenvalue weighted by atomic mass is 35.5. The molecule has 134 valence electrons. The molecule has 25 heavy (non-hydrogen) atoms. The lowest BCUT2D eigenvalue weighted by atomic mass is 10.0. The van der Waals surface area contributed by atoms with Crippen LogP contribution in [0, 0.1) is 20.8 Å². The van der Waals surface area contributed by atoms with Crippen molar-refractivity contribution in [2.75, 3.05) is 0 Å². The Morgan fingerprint density at radius 1 is 1.12 bits per heavy atom. The fourth-order valence-corrected chi connectivity index (χ4v) is 2.85. The summed E-state index contributed by atoms with van der Waals surface area (Å²) in [5.74, 6) is 0.531. The molecule has 0 aliphatic heterocycles. The van der Waals surface area contributed by atoms with E-state index in [2.05, 4.69) is 43.4 Å². The van der Waals surface area contributed by atoms with Gasteiger partial charge in [0.05, 0.1) is 6.04 Å². The molecule has 0 saturated carbocycles. The summed E-state index contributed by atoms with van der Waals surface area (Å²) in [5.41, 5.74) is 4.19. The quantitative estimate of drug-likeness (QED) is 0.760. The van der Waals surface area contributed by atoms with Crippen LogP contribution in [0.1, 0.15) is 48.6 Å². The van der Waals surface area contributed by atoms with Crippen molar-refractivity contribution in [3.05, 3.63) is 63.7 Å². The van der Waals surface area contributed by atoms with Crippen LogP contribution in [0.2, 0.25) is 5.02 Å². The van der Waals surface area contributed by atoms with Crippen LogP contribution >= 0.6 is 11.6 Å². The van der Waals surface area contributed by atoms with Crippen LogP contribution in [0.25, 0.3) is 0 Å². The molecule has 1 amide bonds. The van der Waals surface area contributed by atoms with Crippen molar-refractivity contribution in [2.45, 2.75) is 53.2 Å². The van der Waals surface area contributed by atoms with Gasteiger partial charge in [0.15, 0.2) is 6.10 Å². The highest BCUT2D eigenvalue weighted by Gasteiger charge is 2.19. The average molecular weight is 360 g/mol. The molecule has 0 unspecified atom stereocenters. The zero-order valence-corrected chi connectivity index (χ0v) is 16.3. The van der Waals surface area contributed by atoms with E-state index >= 15 is 0 Å². The van der Waals surface area contributed by atoms with Crippen LogP contribution in [0.5, 0.6) is 5.75 Å². The van der Waals surface area contributed by atoms with Crippen molar-refractivity contribution < 1.29 is 9.53 Å². The smallest absolute Gasteiger partial charge is 0.261 e. The summed E-state index contributed by atoms with van der Waals surface area (Å²) >= 11 is 6.18. The Kier molecular flexibility index (Phi) is 6.49. The third kappa shape index (κ3) is 4.99. The van der Waals surface area contributed by atoms with E-state index in [0.29, 0.717) is 5.75 Å². The molecule has 0 radical (unpaired) electrons. The van der Waals surface area contributed by atoms with Gasteiger partial charge in [-0.15, -0.1) is 0 Å². The van der Waals surface area contributed by atoms with Crippen LogP contribution in [-0.2, 0) is 4.79 Å². The van der Waals surface area contributed by atoms with E-state index in [9.17, 15) is 4.79 Å². The predicted octanol–water partition coefficient (Wildman–Crippen LogP) is 5.30. The average Bonchev–Trinajstić information content (AvgIpc) is 2.58. The Bertz CT molecular complexity index is 717. The zero-order chi connectivity index (χ0) is 18.6. The minimum Gasteiger partial charge on any atom is -0.481 e. The molecular formula is C21H26ClNO2. The third-order valence-corrected chi connectivity index (χ3v) is 4.89. The number of hydrogen-bond acceptors (Lipinski definition) is 2. The van der Waals surface area contributed by atoms with Crippen LogP contribution in [-0.4, -0.2) is 12.0 Å². The molecular weight excluding hydrogens is 334 g/mol. The number of hydrogen-bond donors (Lipinski definition) is 1. The molecule has 0 bridgehead atoms. The number of carbonyl (C=O) groups is 1. The number of carbonyl (C=O) groups excluding carboxylic acids is 1. The lowest BCUT2D eigenvalue weighted by Crippen LogP contribution is -2.38. The van der Waals surface area contributed by atoms with Gasteiger partial charge in [0, 0.05) is 5.02 Å². The van der Waals surface area contributed by atoms with Crippen molar-refractivity contribution >= 4 is 17.5 Å². The predicted molar refractivity (Wildman–Crippen MR) is 103 cm³/mol. The molecule has 2 aromatic rings. The second-order valence-electron chi connectivity index (χ2n) is 6.51. The van der Waals surface area contributed by atoms with E-state index in [0.717, 1.165) is 28.1 Å². The Balaban J connectivity index is 2.05. The summed E-state index contributed by atoms with van der Waals surface area (Å²) in [6, 6.07) is 11.9. The summed E-state index contributed by atoms with van der Waals surface area (Å²) < 4.78 is 5.82. The minimum absolute atomic E-state index is 0.0205. The zero-order valence-electron chi connectivity index (χ0n) is 15.5. The molecule has 2 atom stereocenters. The van der Waals surface area contributed by atoms with Gasteiger partial charge in [0.2, 0.25) is 0 Å². The van der Waals surface area contributed by atoms with E-state index in [1.54, 1.807) is 6.92 Å². The molecule has 0 aromatic heterocycles. The molecule has 1 N–H and O–H groups in total. The van der Waals surface area contributed by atoms with Gasteiger partial charge in [0.25, 0.3) is 5.91 Å². The summed E-state index contributed by atoms with van der Waals surface area (Å²) in [6.07, 6.45) is 0.236. The minimum atomic E-state index is -0.584. The van der Waals surface area contributed by atoms with Gasteiger partial charge in [0.1, 0.15) is 5.75 Å². The number of ether oxygens (including phenoxy) is 1. The monoisotopic (exact) mass is 359 g/mol. The van der Waals surface area contributed by atoms with Crippen LogP contribution in [0.15, 0.2) is 36.4 Å². The molecule has 0 saturated heterocycles. The maximum Gasteiger partial charge on any atom is 0.261 e. The lowest BCUT2D eigenvalue weighted by molar-refractivity contribution is -0.128. The molecule has 0 heterocycles. The second-order valence-corrected chi connectivity index (χ2v) is 6.89. The van der Waals surface area contributed by atoms with E-state index in [4.69, 9.17) is 16.3 Å². The molecule has 0 aliphatic carbocycles. The van der Waals surface area contributed by atoms with E-state index in [-0.39, 0.29) is 11.9 Å². The van der Waals surface area contributed by atoms with Gasteiger partial charge in [-0.3, -0.25) is 4.79 Å². The molecule has 0 spiro atoms. The van der Waals surface area contributed by atoms with Crippen molar-refractivity contribution in [3.8, 4) is 5.75 Å². The first kappa shape index (κ1) is 19.3. The van der Waals surface area contributed by atoms with Crippen molar-refractivity contribution in [1.29, 1.82) is 0 Å². The molecule has 2 aromatic carbocycles. The highest BCUT2D eigenvalue weighted by molar-refractivity contribution is 6.32. The molecule has 0 fully saturated rings. The first-order valence-electron chi connectivity index (χ1n) is 8.62. The standard InChI is InChI=1S/C21H26ClNO2/c1-6-19(17-9-7-13(2)8-10-17)23-21(24)16(5)25-18-11-14(3)20(22)15(4)12-18/h7-12,16,19H,6H2,1-5H3,(H,23,24)/t16-,19-/m1/s1. The van der Waals surface area contributed by atoms with Gasteiger partial charge < -0.3 is 10.1 Å². The van der Waals surface area contributed by atoms with Gasteiger partial charge in [-0.25, -0.2) is 0 Å². The second kappa shape index (κ2) is 8.39. The topological polar surface area (TPSA) is 38.3 Å². The Labute approximate surface area is 155 Å². The van der Waals surface area contributed by atoms with Crippen LogP contribution in [0.3, 0.4) is 0 Å². The fourth-order valence-electron chi connectivity index (χ4n) is 2.74. The SMILES string of the molecule is CC[C@@H](NC(=O)[C@@H](C)Oc1cc(C)c(Cl)c(C)c1)c1ccc(C)cc1. The number of rotatable bonds is 6. The maximum atomic E-state index is 12.5. The first-order chi connectivity index (χ1) is 11.8. The van der Waals surface area contributed by atoms with Crippen molar-refractivity contribution in [2.24, 2.45) is 0 Å². The van der Waals surface area contributed by atoms with E-state index in [1.165, 1.54) is 5.56 Å². The summed E-state index contributed by atoms with van der Waals surface area (Å²) in [5, 5.41) is 3.80. The van der Waals surface area contributed by atoms with Gasteiger partial charge in [-0.2, -0.15) is 0 Å². The Morgan fingerprint density at radius 2 is 1.68 bits per heavy atom. The molecule has 0 aliphatic rings. The summed E-state index contributed by atoms with van der Waals surface area (Å²) in [4.78, 5) is 12.5. The molecule has 3 nitrogen and oxygen atoms in total. The largest absolute Gasteiger partial charge is 0.481 e. The Morgan fingerprint density at radius 3 is 2.20 bits per heavy atom. The fraction of sp³-hybridized carbons (Fsp3) is 0.381. The normalized spacial score (nSPS) is 13.2. The number of benzene rings is 2. The van der Waals surface area contributed by atoms with Gasteiger partial charge >= 0.3 is 0 Å². The summed E-state index contributed by atoms with van der Waals surface area (Å²) in [7, 11) is 0. The van der Waals surface area contributed by atoms with Crippen molar-refractivity contribution in [1.82, 2.24) is 5.32 Å². The van der Waals surface area contributed by atoms with Crippen LogP contribution in [0.4, 0.5) is 0 Å². The number of halogens is 1. The van der Waals surface area contributed by atoms with E-state index in [1.807, 2.05) is 26.0 Å². The molecule has 2 rings (SSSR count). The highest BCUT2D eigenvalue weighted by Crippen LogP contribution is 2.26.